The van der Waals surface area contributed by atoms with Crippen molar-refractivity contribution >= 4 is 0 Å². The highest BCUT2D eigenvalue weighted by molar-refractivity contribution is 5.16. The molecule has 130 valence electrons. The highest BCUT2D eigenvalue weighted by Gasteiger charge is 2.29. The molecule has 3 aliphatic heterocycles. The number of morpholine rings is 1. The molecule has 3 heterocycles. The molecule has 1 saturated heterocycles. The van der Waals surface area contributed by atoms with E-state index in [1.807, 2.05) is 0 Å². The van der Waals surface area contributed by atoms with Crippen molar-refractivity contribution in [3.8, 4) is 0 Å². The SMILES string of the molecule is CC1=CC(CC2=CC(CN3CCOCC3)OCC2)OC(C)(C)C1. The molecule has 1 fully saturated rings. The lowest BCUT2D eigenvalue weighted by Gasteiger charge is -2.36. The molecule has 23 heavy (non-hydrogen) atoms. The molecular weight excluding hydrogens is 290 g/mol. The Morgan fingerprint density at radius 1 is 1.13 bits per heavy atom. The molecule has 0 N–H and O–H groups in total. The van der Waals surface area contributed by atoms with Gasteiger partial charge in [0.05, 0.1) is 37.6 Å². The van der Waals surface area contributed by atoms with Gasteiger partial charge in [0.25, 0.3) is 0 Å². The fourth-order valence-corrected chi connectivity index (χ4v) is 3.94. The zero-order valence-electron chi connectivity index (χ0n) is 14.8. The fraction of sp³-hybridized carbons (Fsp3) is 0.789. The third kappa shape index (κ3) is 5.15. The number of hydrogen-bond donors (Lipinski definition) is 0. The summed E-state index contributed by atoms with van der Waals surface area (Å²) in [6, 6.07) is 0. The molecule has 0 spiro atoms. The van der Waals surface area contributed by atoms with Crippen LogP contribution in [0.5, 0.6) is 0 Å². The van der Waals surface area contributed by atoms with Crippen molar-refractivity contribution in [1.82, 2.24) is 4.90 Å². The van der Waals surface area contributed by atoms with Gasteiger partial charge in [-0.05, 0) is 40.0 Å². The largest absolute Gasteiger partial charge is 0.379 e. The Hall–Kier alpha value is -0.680. The summed E-state index contributed by atoms with van der Waals surface area (Å²) in [5, 5.41) is 0. The average Bonchev–Trinajstić information content (AvgIpc) is 2.46. The first-order chi connectivity index (χ1) is 11.0. The van der Waals surface area contributed by atoms with Gasteiger partial charge in [-0.2, -0.15) is 0 Å². The summed E-state index contributed by atoms with van der Waals surface area (Å²) in [6.45, 7) is 12.1. The van der Waals surface area contributed by atoms with Crippen molar-refractivity contribution in [1.29, 1.82) is 0 Å². The number of nitrogens with zero attached hydrogens (tertiary/aromatic N) is 1. The third-order valence-electron chi connectivity index (χ3n) is 4.83. The smallest absolute Gasteiger partial charge is 0.0885 e. The van der Waals surface area contributed by atoms with Gasteiger partial charge in [-0.15, -0.1) is 0 Å². The standard InChI is InChI=1S/C19H31NO3/c1-15-10-17(23-19(2,3)13-15)11-16-4-7-22-18(12-16)14-20-5-8-21-9-6-20/h10,12,17-18H,4-9,11,13-14H2,1-3H3. The van der Waals surface area contributed by atoms with Crippen LogP contribution in [0, 0.1) is 0 Å². The normalized spacial score (nSPS) is 32.3. The van der Waals surface area contributed by atoms with Crippen LogP contribution in [0.4, 0.5) is 0 Å². The molecule has 0 amide bonds. The Kier molecular flexibility index (Phi) is 5.57. The molecular formula is C19H31NO3. The Morgan fingerprint density at radius 3 is 2.65 bits per heavy atom. The molecule has 0 aromatic heterocycles. The van der Waals surface area contributed by atoms with E-state index >= 15 is 0 Å². The van der Waals surface area contributed by atoms with Crippen molar-refractivity contribution < 1.29 is 14.2 Å². The van der Waals surface area contributed by atoms with Crippen molar-refractivity contribution in [2.24, 2.45) is 0 Å². The minimum Gasteiger partial charge on any atom is -0.379 e. The Bertz CT molecular complexity index is 463. The molecule has 0 aromatic rings. The predicted octanol–water partition coefficient (Wildman–Crippen LogP) is 2.94. The highest BCUT2D eigenvalue weighted by Crippen LogP contribution is 2.31. The molecule has 4 heteroatoms. The van der Waals surface area contributed by atoms with Crippen LogP contribution in [0.25, 0.3) is 0 Å². The second kappa shape index (κ2) is 7.47. The van der Waals surface area contributed by atoms with Crippen LogP contribution >= 0.6 is 0 Å². The Balaban J connectivity index is 1.57. The topological polar surface area (TPSA) is 30.9 Å². The molecule has 4 nitrogen and oxygen atoms in total. The maximum Gasteiger partial charge on any atom is 0.0885 e. The summed E-state index contributed by atoms with van der Waals surface area (Å²) in [5.41, 5.74) is 2.90. The van der Waals surface area contributed by atoms with Gasteiger partial charge in [-0.3, -0.25) is 4.90 Å². The monoisotopic (exact) mass is 321 g/mol. The van der Waals surface area contributed by atoms with E-state index in [-0.39, 0.29) is 17.8 Å². The number of rotatable bonds is 4. The maximum atomic E-state index is 6.25. The van der Waals surface area contributed by atoms with Crippen molar-refractivity contribution in [2.45, 2.75) is 57.8 Å². The van der Waals surface area contributed by atoms with E-state index in [9.17, 15) is 0 Å². The second-order valence-electron chi connectivity index (χ2n) is 7.71. The van der Waals surface area contributed by atoms with Crippen LogP contribution in [-0.4, -0.2) is 62.2 Å². The van der Waals surface area contributed by atoms with Gasteiger partial charge >= 0.3 is 0 Å². The van der Waals surface area contributed by atoms with Crippen LogP contribution in [-0.2, 0) is 14.2 Å². The van der Waals surface area contributed by atoms with Crippen molar-refractivity contribution in [2.75, 3.05) is 39.5 Å². The van der Waals surface area contributed by atoms with Gasteiger partial charge in [0, 0.05) is 19.6 Å². The summed E-state index contributed by atoms with van der Waals surface area (Å²) < 4.78 is 17.6. The Labute approximate surface area is 140 Å². The van der Waals surface area contributed by atoms with Gasteiger partial charge in [-0.1, -0.05) is 23.3 Å². The molecule has 3 aliphatic rings. The zero-order valence-corrected chi connectivity index (χ0v) is 14.8. The van der Waals surface area contributed by atoms with Gasteiger partial charge in [0.1, 0.15) is 0 Å². The van der Waals surface area contributed by atoms with Crippen molar-refractivity contribution in [3.05, 3.63) is 23.3 Å². The van der Waals surface area contributed by atoms with Crippen LogP contribution < -0.4 is 0 Å². The lowest BCUT2D eigenvalue weighted by Crippen LogP contribution is -2.42. The molecule has 0 aliphatic carbocycles. The zero-order chi connectivity index (χ0) is 16.3. The summed E-state index contributed by atoms with van der Waals surface area (Å²) in [7, 11) is 0. The molecule has 0 radical (unpaired) electrons. The van der Waals surface area contributed by atoms with Gasteiger partial charge in [-0.25, -0.2) is 0 Å². The maximum absolute atomic E-state index is 6.25. The van der Waals surface area contributed by atoms with Gasteiger partial charge in [0.2, 0.25) is 0 Å². The molecule has 0 saturated carbocycles. The predicted molar refractivity (Wildman–Crippen MR) is 91.6 cm³/mol. The molecule has 0 bridgehead atoms. The van der Waals surface area contributed by atoms with Crippen LogP contribution in [0.2, 0.25) is 0 Å². The molecule has 0 aromatic carbocycles. The van der Waals surface area contributed by atoms with Crippen LogP contribution in [0.3, 0.4) is 0 Å². The highest BCUT2D eigenvalue weighted by atomic mass is 16.5. The minimum absolute atomic E-state index is 0.0393. The first-order valence-corrected chi connectivity index (χ1v) is 8.96. The summed E-state index contributed by atoms with van der Waals surface area (Å²) in [6.07, 6.45) is 8.15. The fourth-order valence-electron chi connectivity index (χ4n) is 3.94. The summed E-state index contributed by atoms with van der Waals surface area (Å²) in [4.78, 5) is 2.44. The number of ether oxygens (including phenoxy) is 3. The quantitative estimate of drug-likeness (QED) is 0.745. The molecule has 2 atom stereocenters. The van der Waals surface area contributed by atoms with Crippen LogP contribution in [0.15, 0.2) is 23.3 Å². The molecule has 3 rings (SSSR count). The summed E-state index contributed by atoms with van der Waals surface area (Å²) in [5.74, 6) is 0. The lowest BCUT2D eigenvalue weighted by molar-refractivity contribution is -0.0606. The molecule has 2 unspecified atom stereocenters. The van der Waals surface area contributed by atoms with E-state index in [2.05, 4.69) is 37.8 Å². The second-order valence-corrected chi connectivity index (χ2v) is 7.71. The van der Waals surface area contributed by atoms with E-state index in [1.54, 1.807) is 0 Å². The van der Waals surface area contributed by atoms with Crippen molar-refractivity contribution in [3.63, 3.8) is 0 Å². The number of hydrogen-bond acceptors (Lipinski definition) is 4. The third-order valence-corrected chi connectivity index (χ3v) is 4.83. The minimum atomic E-state index is -0.0393. The Morgan fingerprint density at radius 2 is 1.91 bits per heavy atom. The van der Waals surface area contributed by atoms with Gasteiger partial charge in [0.15, 0.2) is 0 Å². The van der Waals surface area contributed by atoms with E-state index in [0.717, 1.165) is 58.7 Å². The lowest BCUT2D eigenvalue weighted by atomic mass is 9.91. The van der Waals surface area contributed by atoms with Crippen LogP contribution in [0.1, 0.15) is 40.0 Å². The van der Waals surface area contributed by atoms with E-state index in [0.29, 0.717) is 0 Å². The summed E-state index contributed by atoms with van der Waals surface area (Å²) >= 11 is 0. The average molecular weight is 321 g/mol. The first-order valence-electron chi connectivity index (χ1n) is 8.96. The van der Waals surface area contributed by atoms with E-state index < -0.39 is 0 Å². The van der Waals surface area contributed by atoms with E-state index in [1.165, 1.54) is 11.1 Å². The first kappa shape index (κ1) is 17.2. The van der Waals surface area contributed by atoms with Gasteiger partial charge < -0.3 is 14.2 Å². The van der Waals surface area contributed by atoms with E-state index in [4.69, 9.17) is 14.2 Å².